The molecule has 0 spiro atoms. The number of nitrogens with two attached hydrogens (primary N) is 1. The van der Waals surface area contributed by atoms with Crippen LogP contribution in [0.3, 0.4) is 0 Å². The van der Waals surface area contributed by atoms with E-state index in [9.17, 15) is 13.5 Å². The van der Waals surface area contributed by atoms with Crippen LogP contribution in [0.1, 0.15) is 36.1 Å². The maximum atomic E-state index is 11.8. The predicted octanol–water partition coefficient (Wildman–Crippen LogP) is 6.71. The Morgan fingerprint density at radius 1 is 0.581 bits per heavy atom. The fourth-order valence-corrected chi connectivity index (χ4v) is 8.30. The van der Waals surface area contributed by atoms with E-state index in [1.807, 2.05) is 140 Å². The van der Waals surface area contributed by atoms with Gasteiger partial charge < -0.3 is 21.3 Å². The first-order chi connectivity index (χ1) is 35.8. The molecule has 6 heterocycles. The van der Waals surface area contributed by atoms with Crippen molar-refractivity contribution in [3.63, 3.8) is 0 Å². The summed E-state index contributed by atoms with van der Waals surface area (Å²) in [6.07, 6.45) is 8.78. The first kappa shape index (κ1) is 51.7. The number of nitrogens with zero attached hydrogens (tertiary/aromatic N) is 14. The van der Waals surface area contributed by atoms with Crippen LogP contribution < -0.4 is 20.9 Å². The van der Waals surface area contributed by atoms with Gasteiger partial charge in [-0.25, -0.2) is 43.3 Å². The Bertz CT molecular complexity index is 3560. The summed E-state index contributed by atoms with van der Waals surface area (Å²) >= 11 is 0. The molecule has 0 aliphatic rings. The molecule has 0 bridgehead atoms. The zero-order valence-corrected chi connectivity index (χ0v) is 42.3. The molecule has 10 aromatic rings. The number of benzene rings is 4. The fraction of sp³-hybridized carbons (Fsp3) is 0.208. The van der Waals surface area contributed by atoms with Gasteiger partial charge in [-0.05, 0) is 61.1 Å². The Labute approximate surface area is 428 Å². The van der Waals surface area contributed by atoms with E-state index in [1.165, 1.54) is 24.4 Å². The summed E-state index contributed by atoms with van der Waals surface area (Å²) in [4.78, 5) is 38.8. The molecule has 0 aliphatic heterocycles. The lowest BCUT2D eigenvalue weighted by molar-refractivity contribution is 0.281. The summed E-state index contributed by atoms with van der Waals surface area (Å²) in [6.45, 7) is 4.19. The molecule has 0 fully saturated rings. The lowest BCUT2D eigenvalue weighted by atomic mass is 10.0. The minimum Gasteiger partial charge on any atom is -0.392 e. The summed E-state index contributed by atoms with van der Waals surface area (Å²) < 4.78 is 26.8. The molecule has 378 valence electrons. The largest absolute Gasteiger partial charge is 0.392 e. The molecule has 0 saturated heterocycles. The highest BCUT2D eigenvalue weighted by molar-refractivity contribution is 7.90. The van der Waals surface area contributed by atoms with E-state index >= 15 is 0 Å². The maximum Gasteiger partial charge on any atom is 0.248 e. The van der Waals surface area contributed by atoms with Crippen molar-refractivity contribution in [1.82, 2.24) is 59.1 Å². The molecule has 10 rings (SSSR count). The highest BCUT2D eigenvalue weighted by Gasteiger charge is 2.20. The van der Waals surface area contributed by atoms with Crippen LogP contribution in [0.25, 0.3) is 33.8 Å². The van der Waals surface area contributed by atoms with Crippen LogP contribution >= 0.6 is 0 Å². The highest BCUT2D eigenvalue weighted by atomic mass is 32.2. The second kappa shape index (κ2) is 23.7. The first-order valence-corrected chi connectivity index (χ1v) is 25.4. The molecule has 0 saturated carbocycles. The van der Waals surface area contributed by atoms with Crippen molar-refractivity contribution < 1.29 is 18.6 Å². The molecule has 5 N–H and O–H groups in total. The quantitative estimate of drug-likeness (QED) is 0.0779. The normalized spacial score (nSPS) is 12.0. The second-order valence-corrected chi connectivity index (χ2v) is 19.3. The Balaban J connectivity index is 0.000000165. The average molecular weight is 1010 g/mol. The molecule has 0 radical (unpaired) electrons. The molecular formula is C53H56N16O4S. The number of sulfone groups is 1. The SMILES string of the molecule is CC(Cc1cccc(CO)c1)Nc1nccc(N(C)c2nc(-c3ccccc3)cc3ncnn23)n1.CN(c1ccnc(S(C)(=O)=O)n1)c1nc(-c2ccccc2)cc2ncnn12.C[C@H](N)Cc1cccc(CO)c1. The van der Waals surface area contributed by atoms with Gasteiger partial charge in [-0.2, -0.15) is 24.2 Å². The van der Waals surface area contributed by atoms with Gasteiger partial charge in [0.05, 0.1) is 24.6 Å². The van der Waals surface area contributed by atoms with Crippen LogP contribution in [0, 0.1) is 0 Å². The third-order valence-electron chi connectivity index (χ3n) is 11.3. The fourth-order valence-electron chi connectivity index (χ4n) is 7.79. The molecule has 0 aliphatic carbocycles. The van der Waals surface area contributed by atoms with Gasteiger partial charge in [-0.1, -0.05) is 109 Å². The van der Waals surface area contributed by atoms with E-state index in [-0.39, 0.29) is 30.5 Å². The molecule has 0 amide bonds. The Kier molecular flexibility index (Phi) is 16.6. The van der Waals surface area contributed by atoms with Gasteiger partial charge in [0.15, 0.2) is 11.3 Å². The number of fused-ring (bicyclic) bond motifs is 2. The highest BCUT2D eigenvalue weighted by Crippen LogP contribution is 2.28. The van der Waals surface area contributed by atoms with Gasteiger partial charge in [-0.15, -0.1) is 0 Å². The van der Waals surface area contributed by atoms with Crippen molar-refractivity contribution in [2.24, 2.45) is 5.73 Å². The van der Waals surface area contributed by atoms with Crippen molar-refractivity contribution in [2.45, 2.75) is 57.1 Å². The lowest BCUT2D eigenvalue weighted by Crippen LogP contribution is -2.22. The van der Waals surface area contributed by atoms with E-state index in [0.29, 0.717) is 40.8 Å². The zero-order chi connectivity index (χ0) is 52.2. The summed E-state index contributed by atoms with van der Waals surface area (Å²) in [5.74, 6) is 2.61. The van der Waals surface area contributed by atoms with Crippen LogP contribution in [0.2, 0.25) is 0 Å². The van der Waals surface area contributed by atoms with Crippen LogP contribution in [0.4, 0.5) is 29.5 Å². The average Bonchev–Trinajstić information content (AvgIpc) is 4.11. The second-order valence-electron chi connectivity index (χ2n) is 17.4. The van der Waals surface area contributed by atoms with Gasteiger partial charge in [0.1, 0.15) is 24.3 Å². The molecule has 21 heteroatoms. The summed E-state index contributed by atoms with van der Waals surface area (Å²) in [5, 5.41) is 29.9. The predicted molar refractivity (Wildman–Crippen MR) is 285 cm³/mol. The summed E-state index contributed by atoms with van der Waals surface area (Å²) in [5.41, 5.74) is 14.6. The van der Waals surface area contributed by atoms with Crippen molar-refractivity contribution in [2.75, 3.05) is 35.5 Å². The maximum absolute atomic E-state index is 11.8. The molecule has 4 aromatic carbocycles. The number of hydrogen-bond acceptors (Lipinski definition) is 18. The number of aliphatic hydroxyl groups excluding tert-OH is 2. The van der Waals surface area contributed by atoms with Gasteiger partial charge in [-0.3, -0.25) is 9.80 Å². The number of aromatic nitrogens is 12. The monoisotopic (exact) mass is 1010 g/mol. The van der Waals surface area contributed by atoms with Crippen LogP contribution in [0.15, 0.2) is 164 Å². The molecule has 74 heavy (non-hydrogen) atoms. The summed E-state index contributed by atoms with van der Waals surface area (Å²) in [7, 11) is 0.0979. The third kappa shape index (κ3) is 13.1. The first-order valence-electron chi connectivity index (χ1n) is 23.5. The van der Waals surface area contributed by atoms with Crippen LogP contribution in [-0.2, 0) is 35.9 Å². The number of rotatable bonds is 15. The smallest absolute Gasteiger partial charge is 0.248 e. The minimum absolute atomic E-state index is 0.0334. The van der Waals surface area contributed by atoms with E-state index in [1.54, 1.807) is 33.2 Å². The van der Waals surface area contributed by atoms with Gasteiger partial charge in [0.2, 0.25) is 32.8 Å². The Morgan fingerprint density at radius 2 is 1.05 bits per heavy atom. The minimum atomic E-state index is -3.53. The van der Waals surface area contributed by atoms with Gasteiger partial charge in [0, 0.05) is 68.1 Å². The number of nitrogens with one attached hydrogen (secondary N) is 1. The van der Waals surface area contributed by atoms with Crippen LogP contribution in [0.5, 0.6) is 0 Å². The topological polar surface area (TPSA) is 257 Å². The van der Waals surface area contributed by atoms with Gasteiger partial charge >= 0.3 is 0 Å². The molecular weight excluding hydrogens is 957 g/mol. The Hall–Kier alpha value is -8.63. The standard InChI is InChI=1S/C26H26N8O.C17H15N7O2S.C10H15NO/c1-18(13-19-7-6-8-20(14-19)16-35)30-25-27-12-11-23(32-25)33(2)26-31-22(21-9-4-3-5-10-21)15-24-28-17-29-34(24)26;1-23(14-8-9-18-16(22-14)27(2,25)26)17-21-13(12-6-4-3-5-7-12)10-15-19-11-20-24(15)17;1-8(11)5-9-3-2-4-10(6-9)7-12/h3-12,14-15,17-18,35H,13,16H2,1-2H3,(H,27,30,32);3-11H,1-2H3;2-4,6,8,12H,5,7,11H2,1H3/t;;8-/m..0/s1. The van der Waals surface area contributed by atoms with E-state index in [2.05, 4.69) is 58.4 Å². The molecule has 1 unspecified atom stereocenters. The number of aliphatic hydroxyl groups is 2. The molecule has 6 aromatic heterocycles. The van der Waals surface area contributed by atoms with E-state index in [0.717, 1.165) is 58.3 Å². The van der Waals surface area contributed by atoms with Crippen molar-refractivity contribution in [1.29, 1.82) is 0 Å². The zero-order valence-electron chi connectivity index (χ0n) is 41.5. The Morgan fingerprint density at radius 3 is 1.54 bits per heavy atom. The van der Waals surface area contributed by atoms with Crippen molar-refractivity contribution >= 4 is 50.6 Å². The molecule has 20 nitrogen and oxygen atoms in total. The van der Waals surface area contributed by atoms with Crippen molar-refractivity contribution in [3.05, 3.63) is 181 Å². The van der Waals surface area contributed by atoms with E-state index in [4.69, 9.17) is 20.8 Å². The summed E-state index contributed by atoms with van der Waals surface area (Å²) in [6, 6.07) is 42.9. The molecule has 2 atom stereocenters. The number of anilines is 5. The third-order valence-corrected chi connectivity index (χ3v) is 12.2. The van der Waals surface area contributed by atoms with E-state index < -0.39 is 9.84 Å². The number of hydrogen-bond donors (Lipinski definition) is 4. The lowest BCUT2D eigenvalue weighted by Gasteiger charge is -2.20. The van der Waals surface area contributed by atoms with Crippen molar-refractivity contribution in [3.8, 4) is 22.5 Å². The van der Waals surface area contributed by atoms with Gasteiger partial charge in [0.25, 0.3) is 0 Å². The van der Waals surface area contributed by atoms with Crippen LogP contribution in [-0.4, -0.2) is 110 Å².